The van der Waals surface area contributed by atoms with Crippen molar-refractivity contribution in [2.24, 2.45) is 0 Å². The number of ether oxygens (including phenoxy) is 1. The minimum absolute atomic E-state index is 0.0482. The molecule has 0 bridgehead atoms. The van der Waals surface area contributed by atoms with Crippen LogP contribution in [0.25, 0.3) is 10.9 Å². The molecule has 13 nitrogen and oxygen atoms in total. The molecule has 1 saturated heterocycles. The first-order valence-corrected chi connectivity index (χ1v) is 11.8. The number of aliphatic hydroxyl groups excluding tert-OH is 2. The van der Waals surface area contributed by atoms with E-state index >= 15 is 4.39 Å². The Labute approximate surface area is 215 Å². The third-order valence-electron chi connectivity index (χ3n) is 6.52. The summed E-state index contributed by atoms with van der Waals surface area (Å²) in [6, 6.07) is 1.51. The van der Waals surface area contributed by atoms with Crippen LogP contribution in [-0.4, -0.2) is 93.5 Å². The van der Waals surface area contributed by atoms with E-state index in [0.29, 0.717) is 30.0 Å². The van der Waals surface area contributed by atoms with Crippen molar-refractivity contribution in [2.75, 3.05) is 32.1 Å². The minimum Gasteiger partial charge on any atom is -0.492 e. The van der Waals surface area contributed by atoms with Crippen molar-refractivity contribution < 1.29 is 49.0 Å². The molecule has 2 fully saturated rings. The van der Waals surface area contributed by atoms with E-state index in [4.69, 9.17) is 25.2 Å². The van der Waals surface area contributed by atoms with Gasteiger partial charge < -0.3 is 45.1 Å². The highest BCUT2D eigenvalue weighted by Crippen LogP contribution is 2.44. The Bertz CT molecular complexity index is 1270. The molecule has 1 aromatic carbocycles. The van der Waals surface area contributed by atoms with E-state index in [2.05, 4.69) is 5.32 Å². The third kappa shape index (κ3) is 5.87. The predicted molar refractivity (Wildman–Crippen MR) is 132 cm³/mol. The summed E-state index contributed by atoms with van der Waals surface area (Å²) >= 11 is 0. The molecule has 1 aliphatic carbocycles. The fraction of sp³-hybridized carbons (Fsp3) is 0.500. The molecule has 0 amide bonds. The lowest BCUT2D eigenvalue weighted by Crippen LogP contribution is -2.45. The lowest BCUT2D eigenvalue weighted by molar-refractivity contribution is -0.165. The van der Waals surface area contributed by atoms with Crippen LogP contribution >= 0.6 is 0 Å². The number of methoxy groups -OCH3 is 1. The fourth-order valence-electron chi connectivity index (χ4n) is 4.41. The second-order valence-corrected chi connectivity index (χ2v) is 9.09. The standard InChI is InChI=1S/C20H24FN3O4.C4H6O6/c1-22-11-4-3-7-23(9-11)17-15(21)8-13-16(19(17)28-2)24(12-5-6-12)10-14(18(13)25)20(26)27;5-1(3(7)8)2(6)4(9)10/h8,10-12,22H,3-7,9H2,1-2H3,(H,26,27);1-2,5-6H,(H,7,8)(H,9,10). The number of carboxylic acids is 3. The molecule has 0 spiro atoms. The second-order valence-electron chi connectivity index (χ2n) is 9.09. The van der Waals surface area contributed by atoms with Gasteiger partial charge in [-0.15, -0.1) is 0 Å². The first-order valence-electron chi connectivity index (χ1n) is 11.8. The minimum atomic E-state index is -2.27. The molecule has 2 aromatic rings. The number of carbonyl (C=O) groups is 3. The number of piperidine rings is 1. The topological polar surface area (TPSA) is 199 Å². The summed E-state index contributed by atoms with van der Waals surface area (Å²) in [6.45, 7) is 1.33. The number of benzene rings is 1. The zero-order chi connectivity index (χ0) is 28.3. The van der Waals surface area contributed by atoms with Crippen molar-refractivity contribution in [3.05, 3.63) is 33.9 Å². The number of nitrogens with one attached hydrogen (secondary N) is 1. The second kappa shape index (κ2) is 11.8. The van der Waals surface area contributed by atoms with Gasteiger partial charge in [-0.1, -0.05) is 0 Å². The number of rotatable bonds is 8. The van der Waals surface area contributed by atoms with Gasteiger partial charge in [-0.2, -0.15) is 0 Å². The maximum absolute atomic E-state index is 15.2. The number of carboxylic acid groups (broad SMARTS) is 3. The largest absolute Gasteiger partial charge is 0.492 e. The average molecular weight is 540 g/mol. The van der Waals surface area contributed by atoms with Crippen LogP contribution in [0.4, 0.5) is 10.1 Å². The van der Waals surface area contributed by atoms with Crippen LogP contribution in [0.15, 0.2) is 17.1 Å². The summed E-state index contributed by atoms with van der Waals surface area (Å²) < 4.78 is 22.6. The van der Waals surface area contributed by atoms with Crippen LogP contribution in [0.5, 0.6) is 5.75 Å². The summed E-state index contributed by atoms with van der Waals surface area (Å²) in [7, 11) is 3.35. The summed E-state index contributed by atoms with van der Waals surface area (Å²) in [5.41, 5.74) is -0.216. The number of hydrogen-bond acceptors (Lipinski definition) is 9. The SMILES string of the molecule is CNC1CCCN(c2c(F)cc3c(=O)c(C(=O)O)cn(C4CC4)c3c2OC)C1.O=C(O)C(O)C(O)C(=O)O. The Morgan fingerprint density at radius 3 is 2.18 bits per heavy atom. The highest BCUT2D eigenvalue weighted by atomic mass is 19.1. The average Bonchev–Trinajstić information content (AvgIpc) is 3.73. The predicted octanol–water partition coefficient (Wildman–Crippen LogP) is 0.248. The van der Waals surface area contributed by atoms with Gasteiger partial charge in [-0.3, -0.25) is 4.79 Å². The zero-order valence-electron chi connectivity index (χ0n) is 20.8. The molecule has 1 saturated carbocycles. The Morgan fingerprint density at radius 2 is 1.71 bits per heavy atom. The van der Waals surface area contributed by atoms with Crippen molar-refractivity contribution in [2.45, 2.75) is 50.0 Å². The highest BCUT2D eigenvalue weighted by molar-refractivity contribution is 5.97. The van der Waals surface area contributed by atoms with Gasteiger partial charge in [0.2, 0.25) is 5.43 Å². The number of aromatic nitrogens is 1. The molecule has 4 rings (SSSR count). The van der Waals surface area contributed by atoms with Crippen molar-refractivity contribution in [1.82, 2.24) is 9.88 Å². The third-order valence-corrected chi connectivity index (χ3v) is 6.52. The Kier molecular flexibility index (Phi) is 8.91. The van der Waals surface area contributed by atoms with Gasteiger partial charge in [0.1, 0.15) is 11.3 Å². The molecule has 208 valence electrons. The summed E-state index contributed by atoms with van der Waals surface area (Å²) in [4.78, 5) is 45.8. The summed E-state index contributed by atoms with van der Waals surface area (Å²) in [5, 5.41) is 45.2. The van der Waals surface area contributed by atoms with Crippen LogP contribution < -0.4 is 20.4 Å². The number of fused-ring (bicyclic) bond motifs is 1. The van der Waals surface area contributed by atoms with Crippen molar-refractivity contribution in [3.63, 3.8) is 0 Å². The van der Waals surface area contributed by atoms with Crippen molar-refractivity contribution in [1.29, 1.82) is 0 Å². The Morgan fingerprint density at radius 1 is 1.11 bits per heavy atom. The van der Waals surface area contributed by atoms with Crippen LogP contribution in [-0.2, 0) is 9.59 Å². The zero-order valence-corrected chi connectivity index (χ0v) is 20.8. The van der Waals surface area contributed by atoms with Gasteiger partial charge in [0.25, 0.3) is 0 Å². The number of aliphatic hydroxyl groups is 2. The van der Waals surface area contributed by atoms with Gasteiger partial charge in [0, 0.05) is 31.4 Å². The number of halogens is 1. The molecular formula is C24H30FN3O10. The maximum Gasteiger partial charge on any atom is 0.341 e. The van der Waals surface area contributed by atoms with E-state index in [0.717, 1.165) is 25.7 Å². The van der Waals surface area contributed by atoms with Gasteiger partial charge in [-0.05, 0) is 38.8 Å². The molecule has 38 heavy (non-hydrogen) atoms. The number of likely N-dealkylation sites (N-methyl/N-ethyl adjacent to an activating group) is 1. The maximum atomic E-state index is 15.2. The molecule has 2 heterocycles. The molecule has 3 unspecified atom stereocenters. The first kappa shape index (κ1) is 28.8. The number of nitrogens with zero attached hydrogens (tertiary/aromatic N) is 2. The van der Waals surface area contributed by atoms with Gasteiger partial charge in [0.15, 0.2) is 23.8 Å². The lowest BCUT2D eigenvalue weighted by Gasteiger charge is -2.35. The van der Waals surface area contributed by atoms with Crippen LogP contribution in [0.1, 0.15) is 42.1 Å². The smallest absolute Gasteiger partial charge is 0.341 e. The molecule has 3 atom stereocenters. The van der Waals surface area contributed by atoms with Crippen LogP contribution in [0.2, 0.25) is 0 Å². The molecule has 2 aliphatic rings. The van der Waals surface area contributed by atoms with Crippen molar-refractivity contribution >= 4 is 34.5 Å². The number of pyridine rings is 1. The quantitative estimate of drug-likeness (QED) is 0.268. The normalized spacial score (nSPS) is 18.8. The van der Waals surface area contributed by atoms with Gasteiger partial charge >= 0.3 is 17.9 Å². The number of hydrogen-bond donors (Lipinski definition) is 6. The van der Waals surface area contributed by atoms with Crippen LogP contribution in [0, 0.1) is 5.82 Å². The highest BCUT2D eigenvalue weighted by Gasteiger charge is 2.32. The number of aliphatic carboxylic acids is 2. The number of aromatic carboxylic acids is 1. The molecule has 6 N–H and O–H groups in total. The molecule has 1 aliphatic heterocycles. The van der Waals surface area contributed by atoms with Gasteiger partial charge in [0.05, 0.1) is 18.0 Å². The molecule has 14 heteroatoms. The Balaban J connectivity index is 0.000000342. The summed E-state index contributed by atoms with van der Waals surface area (Å²) in [6.07, 6.45) is 0.548. The molecule has 1 aromatic heterocycles. The first-order chi connectivity index (χ1) is 17.9. The van der Waals surface area contributed by atoms with E-state index in [-0.39, 0.29) is 23.0 Å². The number of anilines is 1. The van der Waals surface area contributed by atoms with E-state index in [9.17, 15) is 24.3 Å². The van der Waals surface area contributed by atoms with Crippen LogP contribution in [0.3, 0.4) is 0 Å². The van der Waals surface area contributed by atoms with E-state index in [1.807, 2.05) is 11.9 Å². The lowest BCUT2D eigenvalue weighted by atomic mass is 10.0. The summed E-state index contributed by atoms with van der Waals surface area (Å²) in [5.74, 6) is -5.11. The molecular weight excluding hydrogens is 509 g/mol. The van der Waals surface area contributed by atoms with E-state index < -0.39 is 41.4 Å². The monoisotopic (exact) mass is 539 g/mol. The van der Waals surface area contributed by atoms with E-state index in [1.165, 1.54) is 19.4 Å². The fourth-order valence-corrected chi connectivity index (χ4v) is 4.41. The Hall–Kier alpha value is -3.75. The van der Waals surface area contributed by atoms with Gasteiger partial charge in [-0.25, -0.2) is 18.8 Å². The van der Waals surface area contributed by atoms with Crippen molar-refractivity contribution in [3.8, 4) is 5.75 Å². The molecule has 0 radical (unpaired) electrons. The van der Waals surface area contributed by atoms with E-state index in [1.54, 1.807) is 4.57 Å².